The molecule has 0 aliphatic carbocycles. The summed E-state index contributed by atoms with van der Waals surface area (Å²) in [6.45, 7) is 6.58. The lowest BCUT2D eigenvalue weighted by Gasteiger charge is -2.35. The molecule has 5 nitrogen and oxygen atoms in total. The Morgan fingerprint density at radius 2 is 1.90 bits per heavy atom. The first kappa shape index (κ1) is 20.8. The SMILES string of the molecule is C[C@H](NC(=O)c1csc(CN2CCN(c3cccc(Cl)c3)CC2)n1)c1ccccc1. The van der Waals surface area contributed by atoms with E-state index in [9.17, 15) is 4.79 Å². The van der Waals surface area contributed by atoms with E-state index in [-0.39, 0.29) is 11.9 Å². The molecule has 1 fully saturated rings. The number of nitrogens with one attached hydrogen (secondary N) is 1. The van der Waals surface area contributed by atoms with Crippen LogP contribution in [0.1, 0.15) is 34.0 Å². The molecule has 0 radical (unpaired) electrons. The first-order valence-corrected chi connectivity index (χ1v) is 11.4. The average Bonchev–Trinajstić information content (AvgIpc) is 3.23. The summed E-state index contributed by atoms with van der Waals surface area (Å²) in [6.07, 6.45) is 0. The van der Waals surface area contributed by atoms with Gasteiger partial charge in [-0.2, -0.15) is 0 Å². The number of hydrogen-bond acceptors (Lipinski definition) is 5. The number of aromatic nitrogens is 1. The van der Waals surface area contributed by atoms with Crippen molar-refractivity contribution in [1.82, 2.24) is 15.2 Å². The first-order chi connectivity index (χ1) is 14.6. The van der Waals surface area contributed by atoms with Gasteiger partial charge in [0.1, 0.15) is 10.7 Å². The molecule has 0 bridgehead atoms. The van der Waals surface area contributed by atoms with Gasteiger partial charge in [0.15, 0.2) is 0 Å². The molecule has 1 aliphatic rings. The third-order valence-electron chi connectivity index (χ3n) is 5.34. The molecule has 1 saturated heterocycles. The van der Waals surface area contributed by atoms with Gasteiger partial charge in [0.2, 0.25) is 0 Å². The van der Waals surface area contributed by atoms with E-state index in [0.29, 0.717) is 5.69 Å². The van der Waals surface area contributed by atoms with E-state index in [1.807, 2.05) is 60.8 Å². The van der Waals surface area contributed by atoms with Gasteiger partial charge < -0.3 is 10.2 Å². The second-order valence-electron chi connectivity index (χ2n) is 7.48. The van der Waals surface area contributed by atoms with E-state index in [1.54, 1.807) is 11.3 Å². The second-order valence-corrected chi connectivity index (χ2v) is 8.85. The Bertz CT molecular complexity index is 986. The van der Waals surface area contributed by atoms with Crippen LogP contribution in [0.5, 0.6) is 0 Å². The highest BCUT2D eigenvalue weighted by Crippen LogP contribution is 2.22. The summed E-state index contributed by atoms with van der Waals surface area (Å²) in [5.41, 5.74) is 2.75. The van der Waals surface area contributed by atoms with E-state index in [4.69, 9.17) is 11.6 Å². The predicted molar refractivity (Wildman–Crippen MR) is 123 cm³/mol. The Morgan fingerprint density at radius 3 is 2.63 bits per heavy atom. The number of benzene rings is 2. The van der Waals surface area contributed by atoms with Gasteiger partial charge >= 0.3 is 0 Å². The Balaban J connectivity index is 1.29. The molecule has 1 N–H and O–H groups in total. The number of carbonyl (C=O) groups is 1. The number of hydrogen-bond donors (Lipinski definition) is 1. The van der Waals surface area contributed by atoms with Crippen molar-refractivity contribution < 1.29 is 4.79 Å². The number of halogens is 1. The molecule has 0 spiro atoms. The third-order valence-corrected chi connectivity index (χ3v) is 6.40. The van der Waals surface area contributed by atoms with Crippen LogP contribution in [0.25, 0.3) is 0 Å². The lowest BCUT2D eigenvalue weighted by Crippen LogP contribution is -2.45. The fourth-order valence-electron chi connectivity index (χ4n) is 3.61. The number of nitrogens with zero attached hydrogens (tertiary/aromatic N) is 3. The molecule has 1 amide bonds. The Morgan fingerprint density at radius 1 is 1.13 bits per heavy atom. The zero-order valence-electron chi connectivity index (χ0n) is 16.9. The van der Waals surface area contributed by atoms with Crippen molar-refractivity contribution in [2.45, 2.75) is 19.5 Å². The van der Waals surface area contributed by atoms with Crippen molar-refractivity contribution in [2.75, 3.05) is 31.1 Å². The van der Waals surface area contributed by atoms with Gasteiger partial charge in [0.05, 0.1) is 12.6 Å². The number of anilines is 1. The van der Waals surface area contributed by atoms with Gasteiger partial charge in [0, 0.05) is 42.3 Å². The van der Waals surface area contributed by atoms with E-state index in [1.165, 1.54) is 5.69 Å². The Kier molecular flexibility index (Phi) is 6.67. The predicted octanol–water partition coefficient (Wildman–Crippen LogP) is 4.61. The standard InChI is InChI=1S/C23H25ClN4OS/c1-17(18-6-3-2-4-7-18)25-23(29)21-16-30-22(26-21)15-27-10-12-28(13-11-27)20-9-5-8-19(24)14-20/h2-9,14,16-17H,10-13,15H2,1H3,(H,25,29)/t17-/m0/s1. The van der Waals surface area contributed by atoms with Gasteiger partial charge in [-0.15, -0.1) is 11.3 Å². The Hall–Kier alpha value is -2.41. The minimum Gasteiger partial charge on any atom is -0.369 e. The molecule has 2 aromatic carbocycles. The summed E-state index contributed by atoms with van der Waals surface area (Å²) in [5, 5.41) is 6.63. The minimum absolute atomic E-state index is 0.0524. The molecule has 30 heavy (non-hydrogen) atoms. The van der Waals surface area contributed by atoms with Crippen molar-refractivity contribution in [2.24, 2.45) is 0 Å². The molecule has 1 aromatic heterocycles. The summed E-state index contributed by atoms with van der Waals surface area (Å²) < 4.78 is 0. The van der Waals surface area contributed by atoms with E-state index < -0.39 is 0 Å². The smallest absolute Gasteiger partial charge is 0.271 e. The number of amides is 1. The highest BCUT2D eigenvalue weighted by molar-refractivity contribution is 7.09. The van der Waals surface area contributed by atoms with E-state index in [2.05, 4.69) is 26.2 Å². The average molecular weight is 441 g/mol. The molecule has 1 aliphatic heterocycles. The lowest BCUT2D eigenvalue weighted by molar-refractivity contribution is 0.0935. The quantitative estimate of drug-likeness (QED) is 0.608. The largest absolute Gasteiger partial charge is 0.369 e. The monoisotopic (exact) mass is 440 g/mol. The van der Waals surface area contributed by atoms with Crippen molar-refractivity contribution >= 4 is 34.5 Å². The van der Waals surface area contributed by atoms with Gasteiger partial charge in [-0.1, -0.05) is 48.0 Å². The normalized spacial score (nSPS) is 15.7. The van der Waals surface area contributed by atoms with E-state index >= 15 is 0 Å². The van der Waals surface area contributed by atoms with Crippen molar-refractivity contribution in [3.63, 3.8) is 0 Å². The molecule has 1 atom stereocenters. The summed E-state index contributed by atoms with van der Waals surface area (Å²) in [7, 11) is 0. The molecule has 2 heterocycles. The molecule has 0 saturated carbocycles. The number of carbonyl (C=O) groups excluding carboxylic acids is 1. The van der Waals surface area contributed by atoms with Gasteiger partial charge in [0.25, 0.3) is 5.91 Å². The highest BCUT2D eigenvalue weighted by Gasteiger charge is 2.20. The van der Waals surface area contributed by atoms with Crippen molar-refractivity contribution in [1.29, 1.82) is 0 Å². The van der Waals surface area contributed by atoms with Crippen LogP contribution < -0.4 is 10.2 Å². The maximum atomic E-state index is 12.6. The summed E-state index contributed by atoms with van der Waals surface area (Å²) in [4.78, 5) is 21.9. The number of piperazine rings is 1. The molecule has 156 valence electrons. The van der Waals surface area contributed by atoms with Crippen molar-refractivity contribution in [3.8, 4) is 0 Å². The van der Waals surface area contributed by atoms with Crippen LogP contribution in [0.15, 0.2) is 60.0 Å². The molecule has 3 aromatic rings. The fraction of sp³-hybridized carbons (Fsp3) is 0.304. The molecule has 0 unspecified atom stereocenters. The molecule has 7 heteroatoms. The number of thiazole rings is 1. The van der Waals surface area contributed by atoms with E-state index in [0.717, 1.165) is 48.3 Å². The van der Waals surface area contributed by atoms with Crippen LogP contribution in [0, 0.1) is 0 Å². The first-order valence-electron chi connectivity index (χ1n) is 10.1. The number of rotatable bonds is 6. The molecule has 4 rings (SSSR count). The highest BCUT2D eigenvalue weighted by atomic mass is 35.5. The van der Waals surface area contributed by atoms with Crippen LogP contribution >= 0.6 is 22.9 Å². The fourth-order valence-corrected chi connectivity index (χ4v) is 4.61. The maximum absolute atomic E-state index is 12.6. The van der Waals surface area contributed by atoms with Crippen molar-refractivity contribution in [3.05, 3.63) is 81.3 Å². The van der Waals surface area contributed by atoms with Gasteiger partial charge in [-0.3, -0.25) is 9.69 Å². The van der Waals surface area contributed by atoms with Gasteiger partial charge in [-0.05, 0) is 30.7 Å². The molecular formula is C23H25ClN4OS. The lowest BCUT2D eigenvalue weighted by atomic mass is 10.1. The summed E-state index contributed by atoms with van der Waals surface area (Å²) >= 11 is 7.67. The maximum Gasteiger partial charge on any atom is 0.271 e. The topological polar surface area (TPSA) is 48.5 Å². The minimum atomic E-state index is -0.125. The van der Waals surface area contributed by atoms with Crippen LogP contribution in [0.2, 0.25) is 5.02 Å². The molecular weight excluding hydrogens is 416 g/mol. The van der Waals surface area contributed by atoms with Crippen LogP contribution in [0.4, 0.5) is 5.69 Å². The van der Waals surface area contributed by atoms with Gasteiger partial charge in [-0.25, -0.2) is 4.98 Å². The van der Waals surface area contributed by atoms with Crippen LogP contribution in [-0.2, 0) is 6.54 Å². The summed E-state index contributed by atoms with van der Waals surface area (Å²) in [6, 6.07) is 17.9. The zero-order chi connectivity index (χ0) is 20.9. The van der Waals surface area contributed by atoms with Crippen LogP contribution in [-0.4, -0.2) is 42.0 Å². The summed E-state index contributed by atoms with van der Waals surface area (Å²) in [5.74, 6) is -0.125. The zero-order valence-corrected chi connectivity index (χ0v) is 18.5. The second kappa shape index (κ2) is 9.60. The van der Waals surface area contributed by atoms with Crippen LogP contribution in [0.3, 0.4) is 0 Å². The third kappa shape index (κ3) is 5.19. The Labute approximate surface area is 186 Å².